The minimum absolute atomic E-state index is 0.159. The number of aromatic nitrogens is 4. The minimum atomic E-state index is -0.159. The summed E-state index contributed by atoms with van der Waals surface area (Å²) in [4.78, 5) is 19.7. The molecule has 1 N–H and O–H groups in total. The van der Waals surface area contributed by atoms with E-state index in [1.165, 1.54) is 19.3 Å². The highest BCUT2D eigenvalue weighted by molar-refractivity contribution is 5.73. The summed E-state index contributed by atoms with van der Waals surface area (Å²) in [5.41, 5.74) is 0.506. The number of nitrogens with zero attached hydrogens (tertiary/aromatic N) is 3. The van der Waals surface area contributed by atoms with Gasteiger partial charge in [0.15, 0.2) is 5.65 Å². The van der Waals surface area contributed by atoms with E-state index in [1.54, 1.807) is 6.20 Å². The van der Waals surface area contributed by atoms with E-state index in [9.17, 15) is 4.79 Å². The summed E-state index contributed by atoms with van der Waals surface area (Å²) >= 11 is 0. The number of rotatable bonds is 4. The number of nitrogens with one attached hydrogen (secondary N) is 1. The monoisotopic (exact) mass is 324 g/mol. The SMILES string of the molecule is O=c1[nH]c(COc2ccccc2)nc2c1cnn2C1CCCCC1. The number of H-pyrrole nitrogens is 1. The number of hydrogen-bond acceptors (Lipinski definition) is 4. The fourth-order valence-electron chi connectivity index (χ4n) is 3.31. The van der Waals surface area contributed by atoms with Gasteiger partial charge in [-0.25, -0.2) is 9.67 Å². The standard InChI is InChI=1S/C18H20N4O2/c23-18-15-11-19-22(13-7-3-1-4-8-13)17(15)20-16(21-18)12-24-14-9-5-2-6-10-14/h2,5-6,9-11,13H,1,3-4,7-8,12H2,(H,20,21,23). The molecule has 0 atom stereocenters. The molecule has 0 aliphatic heterocycles. The lowest BCUT2D eigenvalue weighted by Gasteiger charge is -2.22. The first-order valence-electron chi connectivity index (χ1n) is 8.45. The summed E-state index contributed by atoms with van der Waals surface area (Å²) in [5.74, 6) is 1.27. The Kier molecular flexibility index (Phi) is 4.02. The molecule has 1 aromatic carbocycles. The third kappa shape index (κ3) is 2.91. The second kappa shape index (κ2) is 6.47. The number of fused-ring (bicyclic) bond motifs is 1. The van der Waals surface area contributed by atoms with Crippen molar-refractivity contribution in [2.24, 2.45) is 0 Å². The predicted octanol–water partition coefficient (Wildman–Crippen LogP) is 3.20. The molecule has 1 saturated carbocycles. The van der Waals surface area contributed by atoms with Gasteiger partial charge < -0.3 is 9.72 Å². The van der Waals surface area contributed by atoms with Gasteiger partial charge in [0.05, 0.1) is 12.2 Å². The van der Waals surface area contributed by atoms with Crippen molar-refractivity contribution in [3.8, 4) is 5.75 Å². The molecule has 1 fully saturated rings. The highest BCUT2D eigenvalue weighted by atomic mass is 16.5. The normalized spacial score (nSPS) is 15.7. The van der Waals surface area contributed by atoms with Crippen molar-refractivity contribution in [2.75, 3.05) is 0 Å². The Morgan fingerprint density at radius 2 is 1.96 bits per heavy atom. The molecule has 2 aromatic heterocycles. The predicted molar refractivity (Wildman–Crippen MR) is 91.0 cm³/mol. The first-order chi connectivity index (χ1) is 11.8. The minimum Gasteiger partial charge on any atom is -0.486 e. The first kappa shape index (κ1) is 14.9. The maximum atomic E-state index is 12.3. The molecule has 6 nitrogen and oxygen atoms in total. The van der Waals surface area contributed by atoms with Crippen molar-refractivity contribution in [2.45, 2.75) is 44.8 Å². The van der Waals surface area contributed by atoms with Gasteiger partial charge in [-0.05, 0) is 25.0 Å². The van der Waals surface area contributed by atoms with Crippen molar-refractivity contribution in [3.05, 3.63) is 52.7 Å². The van der Waals surface area contributed by atoms with Crippen molar-refractivity contribution in [1.29, 1.82) is 0 Å². The van der Waals surface area contributed by atoms with Crippen molar-refractivity contribution >= 4 is 11.0 Å². The summed E-state index contributed by atoms with van der Waals surface area (Å²) in [6.07, 6.45) is 7.51. The Balaban J connectivity index is 1.63. The van der Waals surface area contributed by atoms with Gasteiger partial charge in [-0.3, -0.25) is 4.79 Å². The fourth-order valence-corrected chi connectivity index (χ4v) is 3.31. The quantitative estimate of drug-likeness (QED) is 0.800. The van der Waals surface area contributed by atoms with Crippen LogP contribution in [0.3, 0.4) is 0 Å². The van der Waals surface area contributed by atoms with Crippen LogP contribution in [0.4, 0.5) is 0 Å². The fraction of sp³-hybridized carbons (Fsp3) is 0.389. The van der Waals surface area contributed by atoms with Gasteiger partial charge in [0.25, 0.3) is 5.56 Å². The first-order valence-corrected chi connectivity index (χ1v) is 8.45. The Hall–Kier alpha value is -2.63. The van der Waals surface area contributed by atoms with E-state index in [-0.39, 0.29) is 12.2 Å². The maximum absolute atomic E-state index is 12.3. The number of ether oxygens (including phenoxy) is 1. The third-order valence-electron chi connectivity index (χ3n) is 4.55. The molecule has 24 heavy (non-hydrogen) atoms. The summed E-state index contributed by atoms with van der Waals surface area (Å²) < 4.78 is 7.62. The van der Waals surface area contributed by atoms with Crippen LogP contribution in [0, 0.1) is 0 Å². The molecule has 3 aromatic rings. The molecule has 0 amide bonds. The molecule has 0 spiro atoms. The Morgan fingerprint density at radius 3 is 2.75 bits per heavy atom. The number of hydrogen-bond donors (Lipinski definition) is 1. The zero-order chi connectivity index (χ0) is 16.4. The van der Waals surface area contributed by atoms with E-state index in [1.807, 2.05) is 35.0 Å². The smallest absolute Gasteiger partial charge is 0.262 e. The third-order valence-corrected chi connectivity index (χ3v) is 4.55. The molecule has 0 radical (unpaired) electrons. The zero-order valence-corrected chi connectivity index (χ0v) is 13.4. The van der Waals surface area contributed by atoms with E-state index in [4.69, 9.17) is 4.74 Å². The molecule has 4 rings (SSSR count). The highest BCUT2D eigenvalue weighted by Crippen LogP contribution is 2.29. The van der Waals surface area contributed by atoms with Crippen LogP contribution in [0.15, 0.2) is 41.3 Å². The van der Waals surface area contributed by atoms with E-state index < -0.39 is 0 Å². The largest absolute Gasteiger partial charge is 0.486 e. The molecular weight excluding hydrogens is 304 g/mol. The Labute approximate surface area is 139 Å². The number of benzene rings is 1. The number of aromatic amines is 1. The van der Waals surface area contributed by atoms with Gasteiger partial charge in [-0.15, -0.1) is 0 Å². The topological polar surface area (TPSA) is 72.8 Å². The van der Waals surface area contributed by atoms with E-state index >= 15 is 0 Å². The van der Waals surface area contributed by atoms with Crippen LogP contribution in [-0.2, 0) is 6.61 Å². The van der Waals surface area contributed by atoms with Crippen molar-refractivity contribution in [1.82, 2.24) is 19.7 Å². The average Bonchev–Trinajstić information content (AvgIpc) is 3.06. The molecule has 0 bridgehead atoms. The molecule has 124 valence electrons. The molecular formula is C18H20N4O2. The summed E-state index contributed by atoms with van der Waals surface area (Å²) in [6.45, 7) is 0.227. The van der Waals surface area contributed by atoms with Gasteiger partial charge >= 0.3 is 0 Å². The van der Waals surface area contributed by atoms with Gasteiger partial charge in [0.2, 0.25) is 0 Å². The summed E-state index contributed by atoms with van der Waals surface area (Å²) in [5, 5.41) is 4.98. The van der Waals surface area contributed by atoms with Crippen LogP contribution in [0.1, 0.15) is 44.0 Å². The average molecular weight is 324 g/mol. The molecule has 1 aliphatic rings. The van der Waals surface area contributed by atoms with Crippen molar-refractivity contribution in [3.63, 3.8) is 0 Å². The summed E-state index contributed by atoms with van der Waals surface area (Å²) in [6, 6.07) is 9.85. The van der Waals surface area contributed by atoms with Crippen LogP contribution >= 0.6 is 0 Å². The Bertz CT molecular complexity index is 879. The van der Waals surface area contributed by atoms with E-state index in [2.05, 4.69) is 15.1 Å². The molecule has 1 aliphatic carbocycles. The van der Waals surface area contributed by atoms with Crippen LogP contribution < -0.4 is 10.3 Å². The lowest BCUT2D eigenvalue weighted by molar-refractivity contribution is 0.295. The van der Waals surface area contributed by atoms with Gasteiger partial charge in [0.1, 0.15) is 23.6 Å². The van der Waals surface area contributed by atoms with Crippen LogP contribution in [0.5, 0.6) is 5.75 Å². The van der Waals surface area contributed by atoms with E-state index in [0.717, 1.165) is 18.6 Å². The lowest BCUT2D eigenvalue weighted by Crippen LogP contribution is -2.17. The van der Waals surface area contributed by atoms with Gasteiger partial charge in [-0.1, -0.05) is 37.5 Å². The zero-order valence-electron chi connectivity index (χ0n) is 13.4. The van der Waals surface area contributed by atoms with Crippen LogP contribution in [0.25, 0.3) is 11.0 Å². The van der Waals surface area contributed by atoms with Crippen molar-refractivity contribution < 1.29 is 4.74 Å². The Morgan fingerprint density at radius 1 is 1.17 bits per heavy atom. The number of para-hydroxylation sites is 1. The second-order valence-electron chi connectivity index (χ2n) is 6.23. The summed E-state index contributed by atoms with van der Waals surface area (Å²) in [7, 11) is 0. The highest BCUT2D eigenvalue weighted by Gasteiger charge is 2.20. The molecule has 0 unspecified atom stereocenters. The van der Waals surface area contributed by atoms with Crippen LogP contribution in [0.2, 0.25) is 0 Å². The lowest BCUT2D eigenvalue weighted by atomic mass is 9.96. The molecule has 2 heterocycles. The van der Waals surface area contributed by atoms with Gasteiger partial charge in [0, 0.05) is 0 Å². The molecule has 6 heteroatoms. The van der Waals surface area contributed by atoms with Gasteiger partial charge in [-0.2, -0.15) is 5.10 Å². The van der Waals surface area contributed by atoms with E-state index in [0.29, 0.717) is 22.9 Å². The maximum Gasteiger partial charge on any atom is 0.262 e. The van der Waals surface area contributed by atoms with Crippen LogP contribution in [-0.4, -0.2) is 19.7 Å². The second-order valence-corrected chi connectivity index (χ2v) is 6.23. The molecule has 0 saturated heterocycles.